The van der Waals surface area contributed by atoms with Crippen molar-refractivity contribution in [1.29, 1.82) is 0 Å². The fourth-order valence-corrected chi connectivity index (χ4v) is 3.38. The molecular formula is C16H21Br2NO2. The van der Waals surface area contributed by atoms with Crippen LogP contribution in [-0.2, 0) is 16.1 Å². The summed E-state index contributed by atoms with van der Waals surface area (Å²) in [7, 11) is 0. The maximum Gasteiger partial charge on any atom is 0.308 e. The van der Waals surface area contributed by atoms with Crippen LogP contribution in [0.3, 0.4) is 0 Å². The third kappa shape index (κ3) is 5.08. The molecule has 1 saturated carbocycles. The standard InChI is InChI=1S/C16H21Br2NO2/c1-2-21-16(20)12-4-6-13(7-5-12)19-10-11-3-8-14(17)15(18)9-11/h3,8-9,12-13,19H,2,4-7,10H2,1H3. The fourth-order valence-electron chi connectivity index (χ4n) is 2.71. The Morgan fingerprint density at radius 1 is 1.24 bits per heavy atom. The summed E-state index contributed by atoms with van der Waals surface area (Å²) in [5.41, 5.74) is 1.26. The summed E-state index contributed by atoms with van der Waals surface area (Å²) in [6.45, 7) is 3.21. The van der Waals surface area contributed by atoms with E-state index in [-0.39, 0.29) is 11.9 Å². The van der Waals surface area contributed by atoms with Gasteiger partial charge >= 0.3 is 5.97 Å². The molecule has 0 heterocycles. The van der Waals surface area contributed by atoms with E-state index in [9.17, 15) is 4.79 Å². The normalized spacial score (nSPS) is 22.0. The van der Waals surface area contributed by atoms with Crippen LogP contribution in [0.4, 0.5) is 0 Å². The highest BCUT2D eigenvalue weighted by Crippen LogP contribution is 2.26. The van der Waals surface area contributed by atoms with E-state index >= 15 is 0 Å². The largest absolute Gasteiger partial charge is 0.466 e. The maximum atomic E-state index is 11.7. The molecule has 0 unspecified atom stereocenters. The number of ether oxygens (including phenoxy) is 1. The number of halogens is 2. The minimum absolute atomic E-state index is 0.0206. The predicted octanol–water partition coefficient (Wildman–Crippen LogP) is 4.42. The Hall–Kier alpha value is -0.390. The van der Waals surface area contributed by atoms with Gasteiger partial charge in [-0.2, -0.15) is 0 Å². The first kappa shape index (κ1) is 17.0. The Morgan fingerprint density at radius 2 is 1.95 bits per heavy atom. The van der Waals surface area contributed by atoms with E-state index in [0.29, 0.717) is 12.6 Å². The molecule has 116 valence electrons. The van der Waals surface area contributed by atoms with Gasteiger partial charge in [0.15, 0.2) is 0 Å². The number of esters is 1. The molecular weight excluding hydrogens is 398 g/mol. The van der Waals surface area contributed by atoms with Crippen LogP contribution >= 0.6 is 31.9 Å². The summed E-state index contributed by atoms with van der Waals surface area (Å²) in [6.07, 6.45) is 3.95. The molecule has 5 heteroatoms. The summed E-state index contributed by atoms with van der Waals surface area (Å²) in [6, 6.07) is 6.80. The molecule has 1 N–H and O–H groups in total. The lowest BCUT2D eigenvalue weighted by Crippen LogP contribution is -2.35. The van der Waals surface area contributed by atoms with Gasteiger partial charge in [0.1, 0.15) is 0 Å². The van der Waals surface area contributed by atoms with Crippen LogP contribution in [-0.4, -0.2) is 18.6 Å². The zero-order chi connectivity index (χ0) is 15.2. The van der Waals surface area contributed by atoms with Crippen LogP contribution in [0.15, 0.2) is 27.1 Å². The number of carbonyl (C=O) groups is 1. The van der Waals surface area contributed by atoms with Crippen LogP contribution in [0.25, 0.3) is 0 Å². The lowest BCUT2D eigenvalue weighted by molar-refractivity contribution is -0.149. The van der Waals surface area contributed by atoms with Crippen LogP contribution in [0.1, 0.15) is 38.2 Å². The first-order valence-corrected chi connectivity index (χ1v) is 9.02. The zero-order valence-electron chi connectivity index (χ0n) is 12.2. The Morgan fingerprint density at radius 3 is 2.57 bits per heavy atom. The topological polar surface area (TPSA) is 38.3 Å². The maximum absolute atomic E-state index is 11.7. The first-order chi connectivity index (χ1) is 10.1. The molecule has 1 fully saturated rings. The smallest absolute Gasteiger partial charge is 0.308 e. The molecule has 0 amide bonds. The van der Waals surface area contributed by atoms with E-state index in [1.54, 1.807) is 0 Å². The summed E-state index contributed by atoms with van der Waals surface area (Å²) in [5.74, 6) is 0.0811. The van der Waals surface area contributed by atoms with Crippen molar-refractivity contribution >= 4 is 37.8 Å². The van der Waals surface area contributed by atoms with E-state index in [0.717, 1.165) is 41.2 Å². The highest BCUT2D eigenvalue weighted by molar-refractivity contribution is 9.13. The van der Waals surface area contributed by atoms with Crippen molar-refractivity contribution in [2.75, 3.05) is 6.61 Å². The van der Waals surface area contributed by atoms with Gasteiger partial charge in [0, 0.05) is 21.5 Å². The lowest BCUT2D eigenvalue weighted by atomic mass is 9.86. The van der Waals surface area contributed by atoms with Crippen LogP contribution in [0.2, 0.25) is 0 Å². The minimum Gasteiger partial charge on any atom is -0.466 e. The molecule has 0 aromatic heterocycles. The molecule has 0 radical (unpaired) electrons. The van der Waals surface area contributed by atoms with Gasteiger partial charge in [-0.05, 0) is 82.2 Å². The van der Waals surface area contributed by atoms with Crippen molar-refractivity contribution in [1.82, 2.24) is 5.32 Å². The van der Waals surface area contributed by atoms with Crippen molar-refractivity contribution < 1.29 is 9.53 Å². The van der Waals surface area contributed by atoms with Gasteiger partial charge in [-0.1, -0.05) is 6.07 Å². The second kappa shape index (κ2) is 8.30. The number of benzene rings is 1. The van der Waals surface area contributed by atoms with E-state index in [1.807, 2.05) is 6.92 Å². The van der Waals surface area contributed by atoms with Crippen molar-refractivity contribution in [3.05, 3.63) is 32.7 Å². The quantitative estimate of drug-likeness (QED) is 0.719. The van der Waals surface area contributed by atoms with Gasteiger partial charge < -0.3 is 10.1 Å². The van der Waals surface area contributed by atoms with E-state index in [1.165, 1.54) is 5.56 Å². The van der Waals surface area contributed by atoms with Crippen molar-refractivity contribution in [3.8, 4) is 0 Å². The number of carbonyl (C=O) groups excluding carboxylic acids is 1. The third-order valence-electron chi connectivity index (χ3n) is 3.93. The van der Waals surface area contributed by atoms with Gasteiger partial charge in [-0.15, -0.1) is 0 Å². The average Bonchev–Trinajstić information content (AvgIpc) is 2.49. The molecule has 0 spiro atoms. The average molecular weight is 419 g/mol. The molecule has 3 nitrogen and oxygen atoms in total. The van der Waals surface area contributed by atoms with Gasteiger partial charge in [0.25, 0.3) is 0 Å². The molecule has 0 atom stereocenters. The Balaban J connectivity index is 1.76. The van der Waals surface area contributed by atoms with Gasteiger partial charge in [-0.3, -0.25) is 4.79 Å². The van der Waals surface area contributed by atoms with E-state index in [4.69, 9.17) is 4.74 Å². The lowest BCUT2D eigenvalue weighted by Gasteiger charge is -2.28. The molecule has 1 aromatic rings. The highest BCUT2D eigenvalue weighted by atomic mass is 79.9. The number of hydrogen-bond acceptors (Lipinski definition) is 3. The number of nitrogens with one attached hydrogen (secondary N) is 1. The van der Waals surface area contributed by atoms with Crippen molar-refractivity contribution in [2.45, 2.75) is 45.2 Å². The molecule has 0 bridgehead atoms. The van der Waals surface area contributed by atoms with Gasteiger partial charge in [-0.25, -0.2) is 0 Å². The molecule has 21 heavy (non-hydrogen) atoms. The van der Waals surface area contributed by atoms with Gasteiger partial charge in [0.05, 0.1) is 12.5 Å². The van der Waals surface area contributed by atoms with E-state index < -0.39 is 0 Å². The second-order valence-corrected chi connectivity index (χ2v) is 7.14. The third-order valence-corrected chi connectivity index (χ3v) is 5.81. The summed E-state index contributed by atoms with van der Waals surface area (Å²) in [4.78, 5) is 11.7. The number of rotatable bonds is 5. The Bertz CT molecular complexity index is 485. The molecule has 1 aliphatic rings. The summed E-state index contributed by atoms with van der Waals surface area (Å²) >= 11 is 7.00. The number of hydrogen-bond donors (Lipinski definition) is 1. The molecule has 0 aliphatic heterocycles. The Kier molecular flexibility index (Phi) is 6.71. The second-order valence-electron chi connectivity index (χ2n) is 5.43. The fraction of sp³-hybridized carbons (Fsp3) is 0.562. The van der Waals surface area contributed by atoms with Gasteiger partial charge in [0.2, 0.25) is 0 Å². The van der Waals surface area contributed by atoms with Crippen molar-refractivity contribution in [2.24, 2.45) is 5.92 Å². The van der Waals surface area contributed by atoms with E-state index in [2.05, 4.69) is 55.4 Å². The van der Waals surface area contributed by atoms with Crippen LogP contribution in [0, 0.1) is 5.92 Å². The molecule has 1 aromatic carbocycles. The first-order valence-electron chi connectivity index (χ1n) is 7.44. The highest BCUT2D eigenvalue weighted by Gasteiger charge is 2.26. The summed E-state index contributed by atoms with van der Waals surface area (Å²) in [5, 5.41) is 3.59. The SMILES string of the molecule is CCOC(=O)C1CCC(NCc2ccc(Br)c(Br)c2)CC1. The zero-order valence-corrected chi connectivity index (χ0v) is 15.4. The van der Waals surface area contributed by atoms with Crippen molar-refractivity contribution in [3.63, 3.8) is 0 Å². The van der Waals surface area contributed by atoms with Crippen LogP contribution < -0.4 is 5.32 Å². The molecule has 2 rings (SSSR count). The molecule has 1 aliphatic carbocycles. The Labute approximate surface area is 143 Å². The van der Waals surface area contributed by atoms with Crippen LogP contribution in [0.5, 0.6) is 0 Å². The minimum atomic E-state index is -0.0206. The molecule has 0 saturated heterocycles. The monoisotopic (exact) mass is 417 g/mol. The predicted molar refractivity (Wildman–Crippen MR) is 91.1 cm³/mol. The summed E-state index contributed by atoms with van der Waals surface area (Å²) < 4.78 is 7.25.